The number of hydrogen-bond donors (Lipinski definition) is 1. The van der Waals surface area contributed by atoms with Crippen LogP contribution in [0.5, 0.6) is 0 Å². The summed E-state index contributed by atoms with van der Waals surface area (Å²) < 4.78 is 21.8. The molecule has 0 aromatic heterocycles. The summed E-state index contributed by atoms with van der Waals surface area (Å²) in [5.41, 5.74) is 0. The molecule has 0 atom stereocenters. The van der Waals surface area contributed by atoms with Crippen LogP contribution >= 0.6 is 0 Å². The van der Waals surface area contributed by atoms with Crippen LogP contribution in [0.3, 0.4) is 0 Å². The van der Waals surface area contributed by atoms with Crippen LogP contribution in [0.4, 0.5) is 0 Å². The second kappa shape index (κ2) is 5.68. The summed E-state index contributed by atoms with van der Waals surface area (Å²) in [4.78, 5) is 2.34. The summed E-state index contributed by atoms with van der Waals surface area (Å²) in [5, 5.41) is 3.32. The van der Waals surface area contributed by atoms with E-state index in [0.717, 1.165) is 39.1 Å². The summed E-state index contributed by atoms with van der Waals surface area (Å²) in [5.74, 6) is 0.316. The first-order valence-electron chi connectivity index (χ1n) is 5.19. The fraction of sp³-hybridized carbons (Fsp3) is 1.00. The standard InChI is InChI=1S/C9H20N2O2S/c1-14(12,13)9-3-7-11-6-2-4-10-5-8-11/h10H,2-9H2,1H3. The topological polar surface area (TPSA) is 49.4 Å². The zero-order valence-electron chi connectivity index (χ0n) is 8.83. The first kappa shape index (κ1) is 11.9. The maximum Gasteiger partial charge on any atom is 0.147 e. The summed E-state index contributed by atoms with van der Waals surface area (Å²) in [6, 6.07) is 0. The highest BCUT2D eigenvalue weighted by Gasteiger charge is 2.09. The molecule has 0 aliphatic carbocycles. The Balaban J connectivity index is 2.16. The zero-order chi connectivity index (χ0) is 10.4. The second-order valence-electron chi connectivity index (χ2n) is 3.93. The molecule has 0 aromatic carbocycles. The number of sulfone groups is 1. The first-order valence-corrected chi connectivity index (χ1v) is 7.25. The molecule has 0 saturated carbocycles. The van der Waals surface area contributed by atoms with E-state index in [4.69, 9.17) is 0 Å². The number of nitrogens with zero attached hydrogens (tertiary/aromatic N) is 1. The molecule has 1 aliphatic heterocycles. The van der Waals surface area contributed by atoms with Gasteiger partial charge in [0.25, 0.3) is 0 Å². The van der Waals surface area contributed by atoms with Gasteiger partial charge in [-0.05, 0) is 32.5 Å². The molecule has 4 nitrogen and oxygen atoms in total. The van der Waals surface area contributed by atoms with E-state index in [1.807, 2.05) is 0 Å². The van der Waals surface area contributed by atoms with Crippen molar-refractivity contribution in [3.63, 3.8) is 0 Å². The normalized spacial score (nSPS) is 20.6. The third-order valence-electron chi connectivity index (χ3n) is 2.42. The van der Waals surface area contributed by atoms with E-state index in [1.165, 1.54) is 12.7 Å². The molecule has 0 amide bonds. The molecule has 5 heteroatoms. The molecule has 0 radical (unpaired) electrons. The Hall–Kier alpha value is -0.130. The van der Waals surface area contributed by atoms with Gasteiger partial charge in [0, 0.05) is 19.3 Å². The molecule has 1 heterocycles. The van der Waals surface area contributed by atoms with E-state index < -0.39 is 9.84 Å². The van der Waals surface area contributed by atoms with Crippen LogP contribution in [0, 0.1) is 0 Å². The smallest absolute Gasteiger partial charge is 0.147 e. The molecule has 1 aliphatic rings. The minimum Gasteiger partial charge on any atom is -0.315 e. The lowest BCUT2D eigenvalue weighted by Crippen LogP contribution is -2.30. The number of hydrogen-bond acceptors (Lipinski definition) is 4. The Bertz CT molecular complexity index is 244. The molecule has 1 rings (SSSR count). The largest absolute Gasteiger partial charge is 0.315 e. The van der Waals surface area contributed by atoms with Crippen LogP contribution in [0.2, 0.25) is 0 Å². The molecule has 0 aromatic rings. The van der Waals surface area contributed by atoms with Gasteiger partial charge >= 0.3 is 0 Å². The van der Waals surface area contributed by atoms with Gasteiger partial charge in [0.1, 0.15) is 9.84 Å². The van der Waals surface area contributed by atoms with Crippen LogP contribution in [-0.2, 0) is 9.84 Å². The molecular weight excluding hydrogens is 200 g/mol. The van der Waals surface area contributed by atoms with Crippen LogP contribution in [-0.4, -0.2) is 58.1 Å². The molecule has 0 unspecified atom stereocenters. The van der Waals surface area contributed by atoms with Crippen molar-refractivity contribution in [2.45, 2.75) is 12.8 Å². The average molecular weight is 220 g/mol. The van der Waals surface area contributed by atoms with Gasteiger partial charge in [0.05, 0.1) is 5.75 Å². The minimum atomic E-state index is -2.78. The highest BCUT2D eigenvalue weighted by Crippen LogP contribution is 1.98. The summed E-state index contributed by atoms with van der Waals surface area (Å²) in [6.07, 6.45) is 3.23. The maximum atomic E-state index is 10.9. The lowest BCUT2D eigenvalue weighted by atomic mass is 10.3. The third kappa shape index (κ3) is 5.57. The first-order chi connectivity index (χ1) is 6.58. The van der Waals surface area contributed by atoms with Crippen molar-refractivity contribution in [1.29, 1.82) is 0 Å². The Morgan fingerprint density at radius 3 is 2.79 bits per heavy atom. The lowest BCUT2D eigenvalue weighted by Gasteiger charge is -2.18. The Kier molecular flexibility index (Phi) is 4.84. The van der Waals surface area contributed by atoms with Crippen molar-refractivity contribution >= 4 is 9.84 Å². The van der Waals surface area contributed by atoms with Crippen LogP contribution in [0.15, 0.2) is 0 Å². The minimum absolute atomic E-state index is 0.316. The van der Waals surface area contributed by atoms with E-state index in [2.05, 4.69) is 10.2 Å². The average Bonchev–Trinajstić information content (AvgIpc) is 2.30. The van der Waals surface area contributed by atoms with Crippen LogP contribution < -0.4 is 5.32 Å². The molecule has 1 saturated heterocycles. The SMILES string of the molecule is CS(=O)(=O)CCCN1CCCNCC1. The fourth-order valence-electron chi connectivity index (χ4n) is 1.68. The van der Waals surface area contributed by atoms with Gasteiger partial charge in [-0.1, -0.05) is 0 Å². The maximum absolute atomic E-state index is 10.9. The monoisotopic (exact) mass is 220 g/mol. The highest BCUT2D eigenvalue weighted by atomic mass is 32.2. The lowest BCUT2D eigenvalue weighted by molar-refractivity contribution is 0.293. The van der Waals surface area contributed by atoms with E-state index in [-0.39, 0.29) is 0 Å². The van der Waals surface area contributed by atoms with Crippen molar-refractivity contribution in [3.05, 3.63) is 0 Å². The van der Waals surface area contributed by atoms with E-state index in [9.17, 15) is 8.42 Å². The van der Waals surface area contributed by atoms with Gasteiger partial charge in [-0.15, -0.1) is 0 Å². The van der Waals surface area contributed by atoms with Gasteiger partial charge in [0.2, 0.25) is 0 Å². The van der Waals surface area contributed by atoms with Crippen LogP contribution in [0.1, 0.15) is 12.8 Å². The summed E-state index contributed by atoms with van der Waals surface area (Å²) >= 11 is 0. The quantitative estimate of drug-likeness (QED) is 0.708. The number of nitrogens with one attached hydrogen (secondary N) is 1. The number of rotatable bonds is 4. The molecule has 14 heavy (non-hydrogen) atoms. The predicted octanol–water partition coefficient (Wildman–Crippen LogP) is -0.284. The molecule has 84 valence electrons. The van der Waals surface area contributed by atoms with E-state index in [1.54, 1.807) is 0 Å². The van der Waals surface area contributed by atoms with Crippen molar-refractivity contribution in [3.8, 4) is 0 Å². The van der Waals surface area contributed by atoms with Gasteiger partial charge in [-0.2, -0.15) is 0 Å². The van der Waals surface area contributed by atoms with Crippen molar-refractivity contribution in [2.24, 2.45) is 0 Å². The molecular formula is C9H20N2O2S. The van der Waals surface area contributed by atoms with Gasteiger partial charge in [-0.25, -0.2) is 8.42 Å². The van der Waals surface area contributed by atoms with E-state index >= 15 is 0 Å². The van der Waals surface area contributed by atoms with Crippen LogP contribution in [0.25, 0.3) is 0 Å². The Morgan fingerprint density at radius 2 is 2.07 bits per heavy atom. The molecule has 0 spiro atoms. The molecule has 0 bridgehead atoms. The summed E-state index contributed by atoms with van der Waals surface area (Å²) in [7, 11) is -2.78. The Labute approximate surface area is 86.6 Å². The summed E-state index contributed by atoms with van der Waals surface area (Å²) in [6.45, 7) is 5.16. The Morgan fingerprint density at radius 1 is 1.29 bits per heavy atom. The zero-order valence-corrected chi connectivity index (χ0v) is 9.65. The fourth-order valence-corrected chi connectivity index (χ4v) is 2.33. The van der Waals surface area contributed by atoms with Crippen molar-refractivity contribution in [2.75, 3.05) is 44.7 Å². The highest BCUT2D eigenvalue weighted by molar-refractivity contribution is 7.90. The van der Waals surface area contributed by atoms with Gasteiger partial charge in [0.15, 0.2) is 0 Å². The van der Waals surface area contributed by atoms with Gasteiger partial charge in [-0.3, -0.25) is 0 Å². The third-order valence-corrected chi connectivity index (χ3v) is 3.45. The van der Waals surface area contributed by atoms with E-state index in [0.29, 0.717) is 5.75 Å². The second-order valence-corrected chi connectivity index (χ2v) is 6.19. The van der Waals surface area contributed by atoms with Gasteiger partial charge < -0.3 is 10.2 Å². The predicted molar refractivity (Wildman–Crippen MR) is 58.3 cm³/mol. The van der Waals surface area contributed by atoms with Crippen molar-refractivity contribution in [1.82, 2.24) is 10.2 Å². The molecule has 1 N–H and O–H groups in total. The molecule has 1 fully saturated rings. The van der Waals surface area contributed by atoms with Crippen molar-refractivity contribution < 1.29 is 8.42 Å².